The molecule has 0 aliphatic carbocycles. The molecule has 0 bridgehead atoms. The lowest BCUT2D eigenvalue weighted by molar-refractivity contribution is 0.652. The quantitative estimate of drug-likeness (QED) is 0.600. The smallest absolute Gasteiger partial charge is 0.186 e. The molecule has 0 radical (unpaired) electrons. The topological polar surface area (TPSA) is 19.4 Å². The number of aromatic nitrogens is 1. The largest absolute Gasteiger partial charge is 0.367 e. The predicted octanol–water partition coefficient (Wildman–Crippen LogP) is 5.00. The van der Waals surface area contributed by atoms with E-state index in [0.29, 0.717) is 0 Å². The normalized spacial score (nSPS) is 15.2. The first-order valence-corrected chi connectivity index (χ1v) is 10.4. The van der Waals surface area contributed by atoms with Crippen LogP contribution in [0.2, 0.25) is 5.02 Å². The lowest BCUT2D eigenvalue weighted by atomic mass is 10.2. The summed E-state index contributed by atoms with van der Waals surface area (Å²) in [5.41, 5.74) is 2.23. The molecule has 2 aromatic carbocycles. The fraction of sp³-hybridized carbons (Fsp3) is 0.278. The molecule has 0 unspecified atom stereocenters. The lowest BCUT2D eigenvalue weighted by Gasteiger charge is -2.36. The third kappa shape index (κ3) is 3.08. The molecule has 6 heteroatoms. The molecule has 0 amide bonds. The van der Waals surface area contributed by atoms with Gasteiger partial charge in [-0.05, 0) is 36.6 Å². The monoisotopic (exact) mass is 375 g/mol. The number of para-hydroxylation sites is 1. The molecule has 0 N–H and O–H groups in total. The van der Waals surface area contributed by atoms with Gasteiger partial charge in [0.25, 0.3) is 0 Å². The average Bonchev–Trinajstić information content (AvgIpc) is 3.05. The van der Waals surface area contributed by atoms with Crippen LogP contribution in [0.1, 0.15) is 0 Å². The summed E-state index contributed by atoms with van der Waals surface area (Å²) in [5, 5.41) is 1.96. The summed E-state index contributed by atoms with van der Waals surface area (Å²) in [5.74, 6) is 0. The Morgan fingerprint density at radius 1 is 1.04 bits per heavy atom. The van der Waals surface area contributed by atoms with E-state index in [1.54, 1.807) is 23.1 Å². The molecule has 1 aliphatic heterocycles. The summed E-state index contributed by atoms with van der Waals surface area (Å²) >= 11 is 9.89. The molecular formula is C18H18ClN3S2. The van der Waals surface area contributed by atoms with Crippen molar-refractivity contribution in [3.8, 4) is 0 Å². The van der Waals surface area contributed by atoms with Crippen molar-refractivity contribution < 1.29 is 0 Å². The van der Waals surface area contributed by atoms with E-state index in [1.807, 2.05) is 18.2 Å². The van der Waals surface area contributed by atoms with Crippen LogP contribution in [0.3, 0.4) is 0 Å². The van der Waals surface area contributed by atoms with Crippen LogP contribution >= 0.6 is 34.7 Å². The maximum absolute atomic E-state index is 6.33. The van der Waals surface area contributed by atoms with Crippen LogP contribution in [0.15, 0.2) is 47.4 Å². The Morgan fingerprint density at radius 2 is 1.79 bits per heavy atom. The highest BCUT2D eigenvalue weighted by Gasteiger charge is 2.21. The number of hydrogen-bond acceptors (Lipinski definition) is 5. The van der Waals surface area contributed by atoms with Gasteiger partial charge in [0.15, 0.2) is 5.13 Å². The number of fused-ring (bicyclic) bond motifs is 1. The molecule has 1 saturated heterocycles. The van der Waals surface area contributed by atoms with Crippen molar-refractivity contribution in [1.82, 2.24) is 4.98 Å². The van der Waals surface area contributed by atoms with Crippen LogP contribution in [0.4, 0.5) is 10.8 Å². The standard InChI is InChI=1S/C18H18ClN3S2/c1-23-13-6-7-15-17(12-13)24-18(20-15)22-10-8-21(9-11-22)16-5-3-2-4-14(16)19/h2-7,12H,8-11H2,1H3. The van der Waals surface area contributed by atoms with Gasteiger partial charge in [0, 0.05) is 31.1 Å². The molecule has 124 valence electrons. The second kappa shape index (κ2) is 6.82. The lowest BCUT2D eigenvalue weighted by Crippen LogP contribution is -2.46. The number of halogens is 1. The zero-order valence-corrected chi connectivity index (χ0v) is 15.8. The van der Waals surface area contributed by atoms with Crippen LogP contribution in [-0.2, 0) is 0 Å². The molecule has 0 spiro atoms. The molecule has 3 aromatic rings. The van der Waals surface area contributed by atoms with Crippen LogP contribution in [0.5, 0.6) is 0 Å². The third-order valence-corrected chi connectivity index (χ3v) is 6.45. The molecule has 4 rings (SSSR count). The van der Waals surface area contributed by atoms with Gasteiger partial charge in [-0.15, -0.1) is 11.8 Å². The highest BCUT2D eigenvalue weighted by molar-refractivity contribution is 7.98. The number of anilines is 2. The number of hydrogen-bond donors (Lipinski definition) is 0. The Kier molecular flexibility index (Phi) is 4.57. The van der Waals surface area contributed by atoms with Crippen LogP contribution in [-0.4, -0.2) is 37.4 Å². The van der Waals surface area contributed by atoms with Gasteiger partial charge in [-0.3, -0.25) is 0 Å². The number of piperazine rings is 1. The van der Waals surface area contributed by atoms with Gasteiger partial charge in [-0.25, -0.2) is 4.98 Å². The first-order chi connectivity index (χ1) is 11.7. The first kappa shape index (κ1) is 16.1. The van der Waals surface area contributed by atoms with E-state index in [-0.39, 0.29) is 0 Å². The SMILES string of the molecule is CSc1ccc2nc(N3CCN(c4ccccc4Cl)CC3)sc2c1. The fourth-order valence-electron chi connectivity index (χ4n) is 3.00. The fourth-order valence-corrected chi connectivity index (χ4v) is 4.83. The average molecular weight is 376 g/mol. The number of rotatable bonds is 3. The van der Waals surface area contributed by atoms with Gasteiger partial charge in [-0.2, -0.15) is 0 Å². The predicted molar refractivity (Wildman–Crippen MR) is 107 cm³/mol. The molecule has 1 fully saturated rings. The van der Waals surface area contributed by atoms with E-state index in [1.165, 1.54) is 9.60 Å². The Bertz CT molecular complexity index is 856. The second-order valence-corrected chi connectivity index (χ2v) is 8.05. The minimum Gasteiger partial charge on any atom is -0.367 e. The van der Waals surface area contributed by atoms with E-state index in [0.717, 1.165) is 47.5 Å². The van der Waals surface area contributed by atoms with Gasteiger partial charge in [0.2, 0.25) is 0 Å². The van der Waals surface area contributed by atoms with Crippen molar-refractivity contribution in [2.24, 2.45) is 0 Å². The van der Waals surface area contributed by atoms with E-state index < -0.39 is 0 Å². The second-order valence-electron chi connectivity index (χ2n) is 5.76. The Morgan fingerprint density at radius 3 is 2.54 bits per heavy atom. The van der Waals surface area contributed by atoms with Crippen molar-refractivity contribution in [2.75, 3.05) is 42.2 Å². The van der Waals surface area contributed by atoms with Crippen LogP contribution < -0.4 is 9.80 Å². The first-order valence-electron chi connectivity index (χ1n) is 7.93. The van der Waals surface area contributed by atoms with Gasteiger partial charge >= 0.3 is 0 Å². The zero-order valence-electron chi connectivity index (χ0n) is 13.4. The highest BCUT2D eigenvalue weighted by Crippen LogP contribution is 2.33. The summed E-state index contributed by atoms with van der Waals surface area (Å²) in [4.78, 5) is 10.9. The van der Waals surface area contributed by atoms with Crippen molar-refractivity contribution in [3.05, 3.63) is 47.5 Å². The minimum atomic E-state index is 0.829. The number of benzene rings is 2. The molecular weight excluding hydrogens is 358 g/mol. The molecule has 1 aromatic heterocycles. The Labute approximate surface area is 155 Å². The third-order valence-electron chi connectivity index (χ3n) is 4.33. The maximum Gasteiger partial charge on any atom is 0.186 e. The van der Waals surface area contributed by atoms with E-state index in [4.69, 9.17) is 16.6 Å². The van der Waals surface area contributed by atoms with E-state index in [2.05, 4.69) is 40.3 Å². The summed E-state index contributed by atoms with van der Waals surface area (Å²) in [7, 11) is 0. The van der Waals surface area contributed by atoms with E-state index >= 15 is 0 Å². The van der Waals surface area contributed by atoms with Gasteiger partial charge in [0.05, 0.1) is 20.9 Å². The number of nitrogens with zero attached hydrogens (tertiary/aromatic N) is 3. The summed E-state index contributed by atoms with van der Waals surface area (Å²) in [6, 6.07) is 14.6. The van der Waals surface area contributed by atoms with Gasteiger partial charge in [0.1, 0.15) is 0 Å². The molecule has 2 heterocycles. The Balaban J connectivity index is 1.50. The van der Waals surface area contributed by atoms with E-state index in [9.17, 15) is 0 Å². The molecule has 3 nitrogen and oxygen atoms in total. The van der Waals surface area contributed by atoms with Crippen molar-refractivity contribution in [2.45, 2.75) is 4.90 Å². The van der Waals surface area contributed by atoms with Crippen molar-refractivity contribution >= 4 is 55.7 Å². The zero-order chi connectivity index (χ0) is 16.5. The van der Waals surface area contributed by atoms with Crippen LogP contribution in [0.25, 0.3) is 10.2 Å². The molecule has 0 saturated carbocycles. The van der Waals surface area contributed by atoms with Crippen LogP contribution in [0, 0.1) is 0 Å². The number of thioether (sulfide) groups is 1. The summed E-state index contributed by atoms with van der Waals surface area (Å²) in [6.07, 6.45) is 2.11. The van der Waals surface area contributed by atoms with Gasteiger partial charge in [-0.1, -0.05) is 35.1 Å². The summed E-state index contributed by atoms with van der Waals surface area (Å²) in [6.45, 7) is 3.88. The number of thiazole rings is 1. The summed E-state index contributed by atoms with van der Waals surface area (Å²) < 4.78 is 1.27. The highest BCUT2D eigenvalue weighted by atomic mass is 35.5. The Hall–Kier alpha value is -1.43. The van der Waals surface area contributed by atoms with Crippen molar-refractivity contribution in [1.29, 1.82) is 0 Å². The van der Waals surface area contributed by atoms with Crippen molar-refractivity contribution in [3.63, 3.8) is 0 Å². The molecule has 0 atom stereocenters. The maximum atomic E-state index is 6.33. The molecule has 1 aliphatic rings. The molecule has 24 heavy (non-hydrogen) atoms. The minimum absolute atomic E-state index is 0.829. The van der Waals surface area contributed by atoms with Gasteiger partial charge < -0.3 is 9.80 Å².